The molecule has 0 spiro atoms. The van der Waals surface area contributed by atoms with Crippen molar-refractivity contribution in [1.29, 1.82) is 0 Å². The predicted molar refractivity (Wildman–Crippen MR) is 104 cm³/mol. The fourth-order valence-electron chi connectivity index (χ4n) is 2.78. The van der Waals surface area contributed by atoms with E-state index in [-0.39, 0.29) is 36.3 Å². The van der Waals surface area contributed by atoms with Gasteiger partial charge in [-0.2, -0.15) is 0 Å². The summed E-state index contributed by atoms with van der Waals surface area (Å²) in [6.45, 7) is 3.92. The minimum atomic E-state index is -3.70. The number of hydrogen-bond acceptors (Lipinski definition) is 5. The van der Waals surface area contributed by atoms with Crippen LogP contribution in [0.2, 0.25) is 0 Å². The van der Waals surface area contributed by atoms with Crippen LogP contribution >= 0.6 is 12.4 Å². The van der Waals surface area contributed by atoms with E-state index in [4.69, 9.17) is 0 Å². The van der Waals surface area contributed by atoms with E-state index >= 15 is 0 Å². The number of hydrogen-bond donors (Lipinski definition) is 3. The molecular weight excluding hydrogens is 390 g/mol. The Morgan fingerprint density at radius 2 is 2.04 bits per heavy atom. The number of carbonyl (C=O) groups is 1. The van der Waals surface area contributed by atoms with Gasteiger partial charge in [0.1, 0.15) is 5.82 Å². The predicted octanol–water partition coefficient (Wildman–Crippen LogP) is 0.738. The van der Waals surface area contributed by atoms with E-state index in [9.17, 15) is 13.2 Å². The Bertz CT molecular complexity index is 907. The molecule has 1 aliphatic heterocycles. The van der Waals surface area contributed by atoms with Gasteiger partial charge < -0.3 is 15.2 Å². The van der Waals surface area contributed by atoms with Gasteiger partial charge in [-0.05, 0) is 23.6 Å². The van der Waals surface area contributed by atoms with E-state index in [1.54, 1.807) is 18.5 Å². The van der Waals surface area contributed by atoms with Crippen molar-refractivity contribution in [1.82, 2.24) is 24.9 Å². The van der Waals surface area contributed by atoms with Crippen molar-refractivity contribution in [3.05, 3.63) is 46.9 Å². The number of benzene rings is 1. The van der Waals surface area contributed by atoms with Crippen LogP contribution in [-0.4, -0.2) is 30.4 Å². The highest BCUT2D eigenvalue weighted by Gasteiger charge is 2.18. The molecular formula is C17H24ClN5O3S. The van der Waals surface area contributed by atoms with Crippen molar-refractivity contribution in [3.8, 4) is 0 Å². The molecule has 0 bridgehead atoms. The SMILES string of the molecule is Cc1nc(S(=O)(=O)NCCC(=O)NCc2ccc3c(c2)CNC3)cn1C.Cl. The highest BCUT2D eigenvalue weighted by molar-refractivity contribution is 7.89. The van der Waals surface area contributed by atoms with Crippen LogP contribution in [0.5, 0.6) is 0 Å². The topological polar surface area (TPSA) is 105 Å². The summed E-state index contributed by atoms with van der Waals surface area (Å²) in [7, 11) is -1.97. The number of aromatic nitrogens is 2. The van der Waals surface area contributed by atoms with Crippen molar-refractivity contribution in [3.63, 3.8) is 0 Å². The molecule has 0 saturated carbocycles. The fraction of sp³-hybridized carbons (Fsp3) is 0.412. The Hall–Kier alpha value is -1.94. The lowest BCUT2D eigenvalue weighted by Crippen LogP contribution is -2.30. The second-order valence-corrected chi connectivity index (χ2v) is 8.08. The molecule has 0 atom stereocenters. The van der Waals surface area contributed by atoms with Crippen LogP contribution in [0.4, 0.5) is 0 Å². The third-order valence-electron chi connectivity index (χ3n) is 4.40. The lowest BCUT2D eigenvalue weighted by atomic mass is 10.1. The Morgan fingerprint density at radius 1 is 1.30 bits per heavy atom. The second-order valence-electron chi connectivity index (χ2n) is 6.37. The molecule has 0 fully saturated rings. The molecule has 3 rings (SSSR count). The Morgan fingerprint density at radius 3 is 2.74 bits per heavy atom. The normalized spacial score (nSPS) is 13.1. The van der Waals surface area contributed by atoms with Gasteiger partial charge >= 0.3 is 0 Å². The number of fused-ring (bicyclic) bond motifs is 1. The molecule has 1 aliphatic rings. The van der Waals surface area contributed by atoms with Crippen LogP contribution in [0.3, 0.4) is 0 Å². The maximum atomic E-state index is 12.1. The summed E-state index contributed by atoms with van der Waals surface area (Å²) in [4.78, 5) is 15.9. The first-order valence-corrected chi connectivity index (χ1v) is 9.91. The third kappa shape index (κ3) is 5.29. The molecule has 0 aliphatic carbocycles. The maximum Gasteiger partial charge on any atom is 0.259 e. The van der Waals surface area contributed by atoms with Gasteiger partial charge in [-0.15, -0.1) is 12.4 Å². The van der Waals surface area contributed by atoms with Gasteiger partial charge in [0.25, 0.3) is 10.0 Å². The van der Waals surface area contributed by atoms with Crippen LogP contribution in [-0.2, 0) is 41.5 Å². The van der Waals surface area contributed by atoms with Crippen molar-refractivity contribution < 1.29 is 13.2 Å². The van der Waals surface area contributed by atoms with Crippen LogP contribution < -0.4 is 15.4 Å². The lowest BCUT2D eigenvalue weighted by Gasteiger charge is -2.08. The number of rotatable bonds is 7. The lowest BCUT2D eigenvalue weighted by molar-refractivity contribution is -0.121. The largest absolute Gasteiger partial charge is 0.352 e. The molecule has 0 saturated heterocycles. The zero-order valence-corrected chi connectivity index (χ0v) is 16.9. The second kappa shape index (κ2) is 8.83. The summed E-state index contributed by atoms with van der Waals surface area (Å²) in [5, 5.41) is 6.06. The molecule has 1 aromatic carbocycles. The molecule has 10 heteroatoms. The van der Waals surface area contributed by atoms with Crippen LogP contribution in [0.25, 0.3) is 0 Å². The molecule has 1 aromatic heterocycles. The minimum absolute atomic E-state index is 0. The van der Waals surface area contributed by atoms with E-state index in [0.717, 1.165) is 18.7 Å². The zero-order chi connectivity index (χ0) is 18.7. The molecule has 8 nitrogen and oxygen atoms in total. The number of nitrogens with one attached hydrogen (secondary N) is 3. The highest BCUT2D eigenvalue weighted by atomic mass is 35.5. The first-order chi connectivity index (χ1) is 12.3. The van der Waals surface area contributed by atoms with Crippen molar-refractivity contribution in [2.24, 2.45) is 7.05 Å². The van der Waals surface area contributed by atoms with Crippen LogP contribution in [0, 0.1) is 6.92 Å². The summed E-state index contributed by atoms with van der Waals surface area (Å²) in [6, 6.07) is 6.15. The summed E-state index contributed by atoms with van der Waals surface area (Å²) in [6.07, 6.45) is 1.51. The summed E-state index contributed by atoms with van der Waals surface area (Å²) < 4.78 is 28.3. The zero-order valence-electron chi connectivity index (χ0n) is 15.3. The molecule has 2 aromatic rings. The Balaban J connectivity index is 0.00000261. The quantitative estimate of drug-likeness (QED) is 0.620. The number of amides is 1. The van der Waals surface area contributed by atoms with Gasteiger partial charge in [0, 0.05) is 45.8 Å². The highest BCUT2D eigenvalue weighted by Crippen LogP contribution is 2.16. The maximum absolute atomic E-state index is 12.1. The first kappa shape index (κ1) is 21.4. The van der Waals surface area contributed by atoms with E-state index in [0.29, 0.717) is 12.4 Å². The van der Waals surface area contributed by atoms with Gasteiger partial charge in [-0.3, -0.25) is 4.79 Å². The number of carbonyl (C=O) groups excluding carboxylic acids is 1. The number of aryl methyl sites for hydroxylation is 2. The fourth-order valence-corrected chi connectivity index (χ4v) is 3.84. The first-order valence-electron chi connectivity index (χ1n) is 8.43. The molecule has 148 valence electrons. The molecule has 0 unspecified atom stereocenters. The molecule has 27 heavy (non-hydrogen) atoms. The number of nitrogens with zero attached hydrogens (tertiary/aromatic N) is 2. The Kier molecular flexibility index (Phi) is 6.99. The number of halogens is 1. The number of sulfonamides is 1. The summed E-state index contributed by atoms with van der Waals surface area (Å²) >= 11 is 0. The van der Waals surface area contributed by atoms with Gasteiger partial charge in [-0.25, -0.2) is 18.1 Å². The molecule has 0 radical (unpaired) electrons. The van der Waals surface area contributed by atoms with E-state index in [2.05, 4.69) is 32.5 Å². The summed E-state index contributed by atoms with van der Waals surface area (Å²) in [5.41, 5.74) is 3.58. The van der Waals surface area contributed by atoms with Gasteiger partial charge in [0.05, 0.1) is 0 Å². The van der Waals surface area contributed by atoms with Crippen molar-refractivity contribution in [2.75, 3.05) is 6.54 Å². The molecule has 1 amide bonds. The summed E-state index contributed by atoms with van der Waals surface area (Å²) in [5.74, 6) is 0.399. The van der Waals surface area contributed by atoms with Crippen LogP contribution in [0.1, 0.15) is 28.9 Å². The average molecular weight is 414 g/mol. The standard InChI is InChI=1S/C17H23N5O3S.ClH/c1-12-21-17(11-22(12)2)26(24,25)20-6-5-16(23)19-8-13-3-4-14-9-18-10-15(14)7-13;/h3-4,7,11,18,20H,5-6,8-10H2,1-2H3,(H,19,23);1H. The monoisotopic (exact) mass is 413 g/mol. The van der Waals surface area contributed by atoms with Crippen molar-refractivity contribution >= 4 is 28.3 Å². The molecule has 3 N–H and O–H groups in total. The average Bonchev–Trinajstić information content (AvgIpc) is 3.19. The molecule has 2 heterocycles. The van der Waals surface area contributed by atoms with E-state index < -0.39 is 10.0 Å². The van der Waals surface area contributed by atoms with E-state index in [1.165, 1.54) is 17.3 Å². The van der Waals surface area contributed by atoms with Gasteiger partial charge in [0.2, 0.25) is 5.91 Å². The minimum Gasteiger partial charge on any atom is -0.352 e. The Labute approximate surface area is 165 Å². The van der Waals surface area contributed by atoms with Crippen molar-refractivity contribution in [2.45, 2.75) is 38.0 Å². The number of imidazole rings is 1. The van der Waals surface area contributed by atoms with Gasteiger partial charge in [0.15, 0.2) is 5.03 Å². The van der Waals surface area contributed by atoms with E-state index in [1.807, 2.05) is 6.07 Å². The van der Waals surface area contributed by atoms with Gasteiger partial charge in [-0.1, -0.05) is 18.2 Å². The third-order valence-corrected chi connectivity index (χ3v) is 5.73. The van der Waals surface area contributed by atoms with Crippen LogP contribution in [0.15, 0.2) is 29.4 Å². The smallest absolute Gasteiger partial charge is 0.259 e.